The smallest absolute Gasteiger partial charge is 0.319 e. The van der Waals surface area contributed by atoms with Crippen molar-refractivity contribution < 1.29 is 14.3 Å². The van der Waals surface area contributed by atoms with Crippen LogP contribution in [0, 0.1) is 0 Å². The molecule has 19 nitrogen and oxygen atoms in total. The number of ether oxygens (including phenoxy) is 2. The Kier molecular flexibility index (Phi) is 13.5. The van der Waals surface area contributed by atoms with Crippen molar-refractivity contribution in [1.29, 1.82) is 0 Å². The molecule has 22 heteroatoms. The van der Waals surface area contributed by atoms with E-state index in [4.69, 9.17) is 49.3 Å². The molecule has 0 radical (unpaired) electrons. The van der Waals surface area contributed by atoms with Gasteiger partial charge in [0.1, 0.15) is 16.6 Å². The Balaban J connectivity index is 0.000000149. The Hall–Kier alpha value is -5.47. The molecule has 0 saturated carbocycles. The number of nitrogens with zero attached hydrogens (tertiary/aromatic N) is 14. The molecule has 2 aliphatic rings. The Morgan fingerprint density at radius 1 is 0.644 bits per heavy atom. The molecule has 2 N–H and O–H groups in total. The number of hydrogen-bond acceptors (Lipinski definition) is 14. The number of aromatic nitrogens is 12. The number of halogens is 3. The third-order valence-electron chi connectivity index (χ3n) is 9.36. The summed E-state index contributed by atoms with van der Waals surface area (Å²) in [6, 6.07) is 7.27. The van der Waals surface area contributed by atoms with E-state index in [-0.39, 0.29) is 16.6 Å². The molecule has 1 aromatic carbocycles. The van der Waals surface area contributed by atoms with Crippen LogP contribution in [0.25, 0.3) is 44.9 Å². The standard InChI is InChI=1S/C20H25N7O2.C11H14ClN5O.C6H4Cl2N4/c1-3-21-20(28)23-15-7-5-14(6-8-15)17-24-18-16(26(2)13-22-18)19(25-17)27-9-4-11-29-12-10-27;1-16-7-13-9-8(16)10(15-11(12)14-9)17-3-2-5-18-6-4-17;1-12-2-9-5-3(12)4(7)10-6(8)11-5/h5-8,13H,3-4,9-12H2,1-2H3,(H2,21,23,28);7H,2-6H2,1H3;2H,1H3. The Morgan fingerprint density at radius 2 is 1.15 bits per heavy atom. The van der Waals surface area contributed by atoms with Gasteiger partial charge < -0.3 is 43.6 Å². The van der Waals surface area contributed by atoms with Gasteiger partial charge in [-0.15, -0.1) is 0 Å². The SMILES string of the molecule is CCNC(=O)Nc1ccc(-c2nc(N3CCCOCC3)c3c(ncn3C)n2)cc1.Cn1cnc2nc(Cl)nc(Cl)c21.Cn1cnc2nc(Cl)nc(N3CCCOCC3)c21. The minimum absolute atomic E-state index is 0.117. The molecule has 0 aliphatic carbocycles. The highest BCUT2D eigenvalue weighted by molar-refractivity contribution is 6.35. The number of urea groups is 1. The van der Waals surface area contributed by atoms with E-state index >= 15 is 0 Å². The normalized spacial score (nSPS) is 14.6. The number of imidazole rings is 3. The lowest BCUT2D eigenvalue weighted by Crippen LogP contribution is -2.28. The van der Waals surface area contributed by atoms with E-state index in [1.807, 2.05) is 61.5 Å². The molecule has 8 heterocycles. The van der Waals surface area contributed by atoms with Gasteiger partial charge in [-0.1, -0.05) is 11.6 Å². The molecule has 2 aliphatic heterocycles. The maximum Gasteiger partial charge on any atom is 0.319 e. The van der Waals surface area contributed by atoms with E-state index in [1.165, 1.54) is 0 Å². The van der Waals surface area contributed by atoms with Gasteiger partial charge in [0.2, 0.25) is 10.6 Å². The van der Waals surface area contributed by atoms with Crippen LogP contribution in [0.4, 0.5) is 22.1 Å². The maximum absolute atomic E-state index is 11.7. The molecule has 0 atom stereocenters. The van der Waals surface area contributed by atoms with Gasteiger partial charge >= 0.3 is 6.03 Å². The van der Waals surface area contributed by atoms with Crippen LogP contribution in [0.3, 0.4) is 0 Å². The van der Waals surface area contributed by atoms with Crippen LogP contribution in [0.1, 0.15) is 19.8 Å². The second kappa shape index (κ2) is 19.1. The van der Waals surface area contributed by atoms with Gasteiger partial charge in [-0.3, -0.25) is 0 Å². The molecule has 6 aromatic heterocycles. The maximum atomic E-state index is 11.7. The number of anilines is 3. The summed E-state index contributed by atoms with van der Waals surface area (Å²) in [6.07, 6.45) is 7.05. The van der Waals surface area contributed by atoms with Crippen LogP contribution in [-0.4, -0.2) is 124 Å². The number of benzene rings is 1. The van der Waals surface area contributed by atoms with E-state index in [0.29, 0.717) is 58.9 Å². The molecular weight excluding hydrogens is 823 g/mol. The van der Waals surface area contributed by atoms with Crippen molar-refractivity contribution in [3.05, 3.63) is 59.0 Å². The minimum Gasteiger partial charge on any atom is -0.380 e. The average Bonchev–Trinajstić information content (AvgIpc) is 3.70. The lowest BCUT2D eigenvalue weighted by molar-refractivity contribution is 0.152. The van der Waals surface area contributed by atoms with Crippen molar-refractivity contribution in [2.75, 3.05) is 74.3 Å². The molecule has 0 unspecified atom stereocenters. The first-order chi connectivity index (χ1) is 28.6. The number of fused-ring (bicyclic) bond motifs is 3. The molecule has 0 bridgehead atoms. The molecule has 7 aromatic rings. The summed E-state index contributed by atoms with van der Waals surface area (Å²) in [5.74, 6) is 2.33. The van der Waals surface area contributed by atoms with Crippen molar-refractivity contribution in [3.8, 4) is 11.4 Å². The van der Waals surface area contributed by atoms with Gasteiger partial charge in [0.15, 0.2) is 39.6 Å². The second-order valence-corrected chi connectivity index (χ2v) is 14.6. The first-order valence-electron chi connectivity index (χ1n) is 18.9. The average molecular weight is 866 g/mol. The second-order valence-electron chi connectivity index (χ2n) is 13.5. The van der Waals surface area contributed by atoms with Crippen molar-refractivity contribution >= 4 is 91.6 Å². The van der Waals surface area contributed by atoms with Gasteiger partial charge in [-0.2, -0.15) is 15.0 Å². The van der Waals surface area contributed by atoms with Gasteiger partial charge in [-0.25, -0.2) is 34.7 Å². The summed E-state index contributed by atoms with van der Waals surface area (Å²) in [5.41, 5.74) is 5.93. The summed E-state index contributed by atoms with van der Waals surface area (Å²) in [7, 11) is 5.71. The van der Waals surface area contributed by atoms with Crippen molar-refractivity contribution in [2.45, 2.75) is 19.8 Å². The molecular formula is C37H43Cl3N16O3. The van der Waals surface area contributed by atoms with Crippen molar-refractivity contribution in [1.82, 2.24) is 63.9 Å². The molecule has 59 heavy (non-hydrogen) atoms. The fourth-order valence-electron chi connectivity index (χ4n) is 6.55. The predicted octanol–water partition coefficient (Wildman–Crippen LogP) is 5.31. The summed E-state index contributed by atoms with van der Waals surface area (Å²) >= 11 is 17.4. The van der Waals surface area contributed by atoms with Crippen molar-refractivity contribution in [2.24, 2.45) is 21.1 Å². The van der Waals surface area contributed by atoms with E-state index in [2.05, 4.69) is 60.3 Å². The monoisotopic (exact) mass is 864 g/mol. The van der Waals surface area contributed by atoms with Crippen LogP contribution in [-0.2, 0) is 30.6 Å². The lowest BCUT2D eigenvalue weighted by Gasteiger charge is -2.22. The van der Waals surface area contributed by atoms with Crippen LogP contribution in [0.2, 0.25) is 15.7 Å². The van der Waals surface area contributed by atoms with Gasteiger partial charge in [-0.05, 0) is 67.2 Å². The summed E-state index contributed by atoms with van der Waals surface area (Å²) < 4.78 is 16.7. The first-order valence-corrected chi connectivity index (χ1v) is 20.1. The number of aryl methyl sites for hydroxylation is 3. The van der Waals surface area contributed by atoms with Crippen molar-refractivity contribution in [3.63, 3.8) is 0 Å². The number of hydrogen-bond donors (Lipinski definition) is 2. The van der Waals surface area contributed by atoms with E-state index in [9.17, 15) is 4.79 Å². The Labute approximate surface area is 354 Å². The molecule has 2 saturated heterocycles. The fourth-order valence-corrected chi connectivity index (χ4v) is 7.22. The molecule has 2 fully saturated rings. The minimum atomic E-state index is -0.225. The number of rotatable bonds is 5. The molecule has 0 spiro atoms. The fraction of sp³-hybridized carbons (Fsp3) is 0.405. The highest BCUT2D eigenvalue weighted by atomic mass is 35.5. The van der Waals surface area contributed by atoms with Gasteiger partial charge in [0.25, 0.3) is 0 Å². The van der Waals surface area contributed by atoms with Gasteiger partial charge in [0, 0.05) is 78.3 Å². The number of nitrogens with one attached hydrogen (secondary N) is 2. The van der Waals surface area contributed by atoms with Crippen LogP contribution >= 0.6 is 34.8 Å². The quantitative estimate of drug-likeness (QED) is 0.167. The number of amides is 2. The largest absolute Gasteiger partial charge is 0.380 e. The molecule has 310 valence electrons. The summed E-state index contributed by atoms with van der Waals surface area (Å²) in [5, 5.41) is 6.18. The number of carbonyl (C=O) groups excluding carboxylic acids is 1. The van der Waals surface area contributed by atoms with E-state index in [1.54, 1.807) is 23.5 Å². The first kappa shape index (κ1) is 41.7. The predicted molar refractivity (Wildman–Crippen MR) is 227 cm³/mol. The van der Waals surface area contributed by atoms with Crippen LogP contribution < -0.4 is 20.4 Å². The van der Waals surface area contributed by atoms with Crippen LogP contribution in [0.15, 0.2) is 43.2 Å². The lowest BCUT2D eigenvalue weighted by atomic mass is 10.2. The van der Waals surface area contributed by atoms with Crippen LogP contribution in [0.5, 0.6) is 0 Å². The third kappa shape index (κ3) is 9.88. The van der Waals surface area contributed by atoms with E-state index < -0.39 is 0 Å². The molecule has 2 amide bonds. The summed E-state index contributed by atoms with van der Waals surface area (Å²) in [6.45, 7) is 8.79. The summed E-state index contributed by atoms with van der Waals surface area (Å²) in [4.78, 5) is 54.5. The Morgan fingerprint density at radius 3 is 1.73 bits per heavy atom. The van der Waals surface area contributed by atoms with E-state index in [0.717, 1.165) is 80.5 Å². The highest BCUT2D eigenvalue weighted by Crippen LogP contribution is 2.29. The Bertz CT molecular complexity index is 2530. The molecule has 9 rings (SSSR count). The van der Waals surface area contributed by atoms with Gasteiger partial charge in [0.05, 0.1) is 32.2 Å². The zero-order valence-corrected chi connectivity index (χ0v) is 35.2. The highest BCUT2D eigenvalue weighted by Gasteiger charge is 2.21. The zero-order valence-electron chi connectivity index (χ0n) is 32.9. The topological polar surface area (TPSA) is 197 Å². The zero-order chi connectivity index (χ0) is 41.5. The number of carbonyl (C=O) groups is 1. The third-order valence-corrected chi connectivity index (χ3v) is 9.96.